The average Bonchev–Trinajstić information content (AvgIpc) is 2.72. The molecule has 0 rings (SSSR count). The molecular weight excluding hydrogens is 449 g/mol. The number of quaternary nitrogens is 1. The van der Waals surface area contributed by atoms with Gasteiger partial charge in [0.25, 0.3) is 7.82 Å². The minimum Gasteiger partial charge on any atom is -0.756 e. The van der Waals surface area contributed by atoms with Gasteiger partial charge in [0.1, 0.15) is 19.8 Å². The van der Waals surface area contributed by atoms with Gasteiger partial charge in [0.05, 0.1) is 27.7 Å². The molecule has 2 atom stereocenters. The van der Waals surface area contributed by atoms with Gasteiger partial charge < -0.3 is 27.9 Å². The number of phosphoric ester groups is 1. The smallest absolute Gasteiger partial charge is 0.306 e. The van der Waals surface area contributed by atoms with E-state index in [-0.39, 0.29) is 26.1 Å². The Hall–Kier alpha value is -0.990. The highest BCUT2D eigenvalue weighted by molar-refractivity contribution is 7.45. The number of carbonyl (C=O) groups is 2. The van der Waals surface area contributed by atoms with Crippen LogP contribution in [-0.2, 0) is 32.7 Å². The Morgan fingerprint density at radius 3 is 2.00 bits per heavy atom. The van der Waals surface area contributed by atoms with Crippen molar-refractivity contribution in [2.75, 3.05) is 47.5 Å². The summed E-state index contributed by atoms with van der Waals surface area (Å²) in [5, 5.41) is 0. The molecule has 0 saturated carbocycles. The molecule has 10 heteroatoms. The minimum atomic E-state index is -4.57. The molecule has 0 aliphatic carbocycles. The van der Waals surface area contributed by atoms with Crippen LogP contribution in [0, 0.1) is 0 Å². The Bertz CT molecular complexity index is 579. The lowest BCUT2D eigenvalue weighted by Crippen LogP contribution is -2.37. The Morgan fingerprint density at radius 2 is 1.39 bits per heavy atom. The molecule has 0 heterocycles. The number of rotatable bonds is 21. The van der Waals surface area contributed by atoms with E-state index in [9.17, 15) is 19.0 Å². The van der Waals surface area contributed by atoms with Gasteiger partial charge in [-0.3, -0.25) is 14.2 Å². The second-order valence-corrected chi connectivity index (χ2v) is 10.8. The maximum atomic E-state index is 12.2. The van der Waals surface area contributed by atoms with Gasteiger partial charge in [0, 0.05) is 12.8 Å². The van der Waals surface area contributed by atoms with Crippen LogP contribution in [0.25, 0.3) is 0 Å². The fraction of sp³-hybridized carbons (Fsp3) is 0.913. The number of ether oxygens (including phenoxy) is 2. The summed E-state index contributed by atoms with van der Waals surface area (Å²) in [5.74, 6) is -0.886. The average molecular weight is 496 g/mol. The van der Waals surface area contributed by atoms with Crippen LogP contribution in [0.2, 0.25) is 0 Å². The lowest BCUT2D eigenvalue weighted by molar-refractivity contribution is -0.870. The number of nitrogens with zero attached hydrogens (tertiary/aromatic N) is 1. The van der Waals surface area contributed by atoms with E-state index >= 15 is 0 Å². The fourth-order valence-electron chi connectivity index (χ4n) is 2.80. The van der Waals surface area contributed by atoms with Crippen molar-refractivity contribution in [2.24, 2.45) is 0 Å². The van der Waals surface area contributed by atoms with E-state index < -0.39 is 32.5 Å². The van der Waals surface area contributed by atoms with Crippen LogP contribution in [0.5, 0.6) is 0 Å². The third kappa shape index (κ3) is 21.3. The Labute approximate surface area is 200 Å². The van der Waals surface area contributed by atoms with E-state index in [0.29, 0.717) is 23.9 Å². The molecule has 0 fully saturated rings. The first-order valence-corrected chi connectivity index (χ1v) is 13.7. The molecule has 0 saturated heterocycles. The molecule has 0 aliphatic heterocycles. The topological polar surface area (TPSA) is 111 Å². The van der Waals surface area contributed by atoms with E-state index in [1.807, 2.05) is 28.1 Å². The standard InChI is InChI=1S/C23H46NO8P/c1-6-8-10-11-12-13-14-16-23(26)32-21(19-29-22(25)15-9-7-2)20-31-33(27,28)30-18-17-24(3,4)5/h21H,6-20H2,1-5H3. The van der Waals surface area contributed by atoms with Crippen molar-refractivity contribution in [1.82, 2.24) is 0 Å². The van der Waals surface area contributed by atoms with Crippen molar-refractivity contribution in [3.63, 3.8) is 0 Å². The monoisotopic (exact) mass is 495 g/mol. The molecular formula is C23H46NO8P. The van der Waals surface area contributed by atoms with E-state index in [1.54, 1.807) is 0 Å². The number of hydrogen-bond donors (Lipinski definition) is 0. The van der Waals surface area contributed by atoms with Gasteiger partial charge in [-0.2, -0.15) is 0 Å². The molecule has 0 aromatic rings. The first-order chi connectivity index (χ1) is 15.5. The van der Waals surface area contributed by atoms with Gasteiger partial charge >= 0.3 is 11.9 Å². The minimum absolute atomic E-state index is 0.0288. The molecule has 0 N–H and O–H groups in total. The Balaban J connectivity index is 4.56. The predicted octanol–water partition coefficient (Wildman–Crippen LogP) is 3.98. The third-order valence-electron chi connectivity index (χ3n) is 4.88. The van der Waals surface area contributed by atoms with Crippen LogP contribution in [-0.4, -0.2) is 70.0 Å². The van der Waals surface area contributed by atoms with Crippen molar-refractivity contribution < 1.29 is 42.1 Å². The highest BCUT2D eigenvalue weighted by Gasteiger charge is 2.21. The van der Waals surface area contributed by atoms with Gasteiger partial charge in [-0.1, -0.05) is 58.8 Å². The van der Waals surface area contributed by atoms with Crippen molar-refractivity contribution in [3.8, 4) is 0 Å². The summed E-state index contributed by atoms with van der Waals surface area (Å²) in [6.45, 7) is 3.85. The Kier molecular flexibility index (Phi) is 17.8. The number of likely N-dealkylation sites (N-methyl/N-ethyl adjacent to an activating group) is 1. The summed E-state index contributed by atoms with van der Waals surface area (Å²) >= 11 is 0. The SMILES string of the molecule is CCCCCCCCCC(=O)OC(COC(=O)CCCC)COP(=O)([O-])OCC[N+](C)(C)C. The second kappa shape index (κ2) is 18.4. The molecule has 0 aromatic carbocycles. The fourth-order valence-corrected chi connectivity index (χ4v) is 3.53. The van der Waals surface area contributed by atoms with E-state index in [0.717, 1.165) is 25.7 Å². The van der Waals surface area contributed by atoms with Crippen LogP contribution in [0.4, 0.5) is 0 Å². The maximum Gasteiger partial charge on any atom is 0.306 e. The molecule has 196 valence electrons. The van der Waals surface area contributed by atoms with Crippen molar-refractivity contribution >= 4 is 19.8 Å². The first kappa shape index (κ1) is 32.0. The molecule has 33 heavy (non-hydrogen) atoms. The van der Waals surface area contributed by atoms with Crippen molar-refractivity contribution in [1.29, 1.82) is 0 Å². The zero-order valence-electron chi connectivity index (χ0n) is 21.3. The highest BCUT2D eigenvalue weighted by atomic mass is 31.2. The summed E-state index contributed by atoms with van der Waals surface area (Å²) in [6.07, 6.45) is 8.47. The van der Waals surface area contributed by atoms with Crippen LogP contribution in [0.1, 0.15) is 84.5 Å². The summed E-state index contributed by atoms with van der Waals surface area (Å²) in [5.41, 5.74) is 0. The molecule has 9 nitrogen and oxygen atoms in total. The van der Waals surface area contributed by atoms with Gasteiger partial charge in [-0.25, -0.2) is 0 Å². The van der Waals surface area contributed by atoms with Crippen molar-refractivity contribution in [3.05, 3.63) is 0 Å². The molecule has 0 spiro atoms. The van der Waals surface area contributed by atoms with Gasteiger partial charge in [0.2, 0.25) is 0 Å². The van der Waals surface area contributed by atoms with E-state index in [4.69, 9.17) is 18.5 Å². The molecule has 2 unspecified atom stereocenters. The number of unbranched alkanes of at least 4 members (excludes halogenated alkanes) is 7. The molecule has 0 bridgehead atoms. The normalized spacial score (nSPS) is 14.5. The maximum absolute atomic E-state index is 12.2. The first-order valence-electron chi connectivity index (χ1n) is 12.2. The zero-order chi connectivity index (χ0) is 25.2. The van der Waals surface area contributed by atoms with E-state index in [2.05, 4.69) is 6.92 Å². The van der Waals surface area contributed by atoms with E-state index in [1.165, 1.54) is 19.3 Å². The quantitative estimate of drug-likeness (QED) is 0.102. The van der Waals surface area contributed by atoms with Crippen LogP contribution in [0.15, 0.2) is 0 Å². The number of hydrogen-bond acceptors (Lipinski definition) is 8. The highest BCUT2D eigenvalue weighted by Crippen LogP contribution is 2.38. The van der Waals surface area contributed by atoms with Gasteiger partial charge in [-0.05, 0) is 12.8 Å². The molecule has 0 aromatic heterocycles. The Morgan fingerprint density at radius 1 is 0.818 bits per heavy atom. The van der Waals surface area contributed by atoms with Gasteiger partial charge in [0.15, 0.2) is 6.10 Å². The van der Waals surface area contributed by atoms with Crippen molar-refractivity contribution in [2.45, 2.75) is 90.6 Å². The van der Waals surface area contributed by atoms with Gasteiger partial charge in [-0.15, -0.1) is 0 Å². The number of esters is 2. The summed E-state index contributed by atoms with van der Waals surface area (Å²) in [7, 11) is 1.16. The number of carbonyl (C=O) groups excluding carboxylic acids is 2. The summed E-state index contributed by atoms with van der Waals surface area (Å²) in [4.78, 5) is 36.0. The molecule has 0 radical (unpaired) electrons. The molecule has 0 amide bonds. The lowest BCUT2D eigenvalue weighted by atomic mass is 10.1. The summed E-state index contributed by atoms with van der Waals surface area (Å²) in [6, 6.07) is 0. The zero-order valence-corrected chi connectivity index (χ0v) is 22.2. The third-order valence-corrected chi connectivity index (χ3v) is 5.84. The van der Waals surface area contributed by atoms with Crippen LogP contribution >= 0.6 is 7.82 Å². The predicted molar refractivity (Wildman–Crippen MR) is 125 cm³/mol. The summed E-state index contributed by atoms with van der Waals surface area (Å²) < 4.78 is 32.8. The van der Waals surface area contributed by atoms with Crippen LogP contribution in [0.3, 0.4) is 0 Å². The molecule has 0 aliphatic rings. The van der Waals surface area contributed by atoms with Crippen LogP contribution < -0.4 is 4.89 Å². The number of phosphoric acid groups is 1. The lowest BCUT2D eigenvalue weighted by Gasteiger charge is -2.28. The second-order valence-electron chi connectivity index (χ2n) is 9.36. The largest absolute Gasteiger partial charge is 0.756 e.